The van der Waals surface area contributed by atoms with E-state index in [0.29, 0.717) is 5.69 Å². The molecule has 1 saturated heterocycles. The van der Waals surface area contributed by atoms with Gasteiger partial charge in [0.15, 0.2) is 0 Å². The number of rotatable bonds is 3. The molecule has 1 aromatic heterocycles. The Morgan fingerprint density at radius 3 is 2.50 bits per heavy atom. The second-order valence-corrected chi connectivity index (χ2v) is 4.60. The zero-order valence-electron chi connectivity index (χ0n) is 10.5. The quantitative estimate of drug-likeness (QED) is 0.888. The Hall–Kier alpha value is -2.70. The Bertz CT molecular complexity index is 636. The summed E-state index contributed by atoms with van der Waals surface area (Å²) in [5, 5.41) is 13.0. The molecule has 7 heteroatoms. The molecule has 1 aliphatic rings. The van der Waals surface area contributed by atoms with Crippen molar-refractivity contribution in [3.8, 4) is 5.69 Å². The zero-order chi connectivity index (χ0) is 14.1. The van der Waals surface area contributed by atoms with E-state index in [1.807, 2.05) is 12.1 Å². The van der Waals surface area contributed by atoms with Crippen LogP contribution in [0.25, 0.3) is 5.69 Å². The Morgan fingerprint density at radius 1 is 1.25 bits per heavy atom. The zero-order valence-corrected chi connectivity index (χ0v) is 10.5. The molecule has 3 rings (SSSR count). The van der Waals surface area contributed by atoms with Crippen molar-refractivity contribution in [1.29, 1.82) is 0 Å². The molecule has 102 valence electrons. The molecule has 0 aliphatic carbocycles. The number of nitrogens with zero attached hydrogens (tertiary/aromatic N) is 4. The van der Waals surface area contributed by atoms with Crippen LogP contribution in [0.3, 0.4) is 0 Å². The van der Waals surface area contributed by atoms with Crippen molar-refractivity contribution in [2.45, 2.75) is 6.42 Å². The highest BCUT2D eigenvalue weighted by atomic mass is 16.4. The van der Waals surface area contributed by atoms with Gasteiger partial charge in [-0.2, -0.15) is 5.10 Å². The van der Waals surface area contributed by atoms with Crippen LogP contribution in [0.4, 0.5) is 5.69 Å². The smallest absolute Gasteiger partial charge is 0.308 e. The topological polar surface area (TPSA) is 88.3 Å². The third-order valence-corrected chi connectivity index (χ3v) is 3.32. The Kier molecular flexibility index (Phi) is 2.94. The second kappa shape index (κ2) is 4.76. The summed E-state index contributed by atoms with van der Waals surface area (Å²) in [4.78, 5) is 28.1. The lowest BCUT2D eigenvalue weighted by Crippen LogP contribution is -2.25. The lowest BCUT2D eigenvalue weighted by molar-refractivity contribution is -0.141. The molecule has 0 spiro atoms. The van der Waals surface area contributed by atoms with Gasteiger partial charge in [-0.15, -0.1) is 0 Å². The van der Waals surface area contributed by atoms with Crippen molar-refractivity contribution in [2.24, 2.45) is 5.92 Å². The Balaban J connectivity index is 1.82. The molecule has 1 N–H and O–H groups in total. The standard InChI is InChI=1S/C13H12N4O3/c18-12-5-9(13(19)20)6-16(12)10-1-3-11(4-2-10)17-8-14-7-15-17/h1-4,7-9H,5-6H2,(H,19,20)/t9-/m0/s1. The number of hydrogen-bond donors (Lipinski definition) is 1. The molecule has 0 bridgehead atoms. The number of carboxylic acid groups (broad SMARTS) is 1. The average Bonchev–Trinajstić information content (AvgIpc) is 3.08. The van der Waals surface area contributed by atoms with E-state index in [1.165, 1.54) is 11.2 Å². The molecule has 0 unspecified atom stereocenters. The van der Waals surface area contributed by atoms with E-state index in [2.05, 4.69) is 10.1 Å². The predicted octanol–water partition coefficient (Wildman–Crippen LogP) is 0.705. The molecule has 1 aliphatic heterocycles. The van der Waals surface area contributed by atoms with Crippen LogP contribution in [0.1, 0.15) is 6.42 Å². The third kappa shape index (κ3) is 2.13. The summed E-state index contributed by atoms with van der Waals surface area (Å²) >= 11 is 0. The van der Waals surface area contributed by atoms with Crippen molar-refractivity contribution in [1.82, 2.24) is 14.8 Å². The van der Waals surface area contributed by atoms with Crippen LogP contribution in [0.15, 0.2) is 36.9 Å². The van der Waals surface area contributed by atoms with E-state index in [9.17, 15) is 9.59 Å². The van der Waals surface area contributed by atoms with E-state index in [1.54, 1.807) is 23.1 Å². The van der Waals surface area contributed by atoms with E-state index < -0.39 is 11.9 Å². The van der Waals surface area contributed by atoms with Gasteiger partial charge in [0, 0.05) is 18.7 Å². The van der Waals surface area contributed by atoms with Gasteiger partial charge in [0.1, 0.15) is 12.7 Å². The van der Waals surface area contributed by atoms with Gasteiger partial charge >= 0.3 is 5.97 Å². The number of carbonyl (C=O) groups is 2. The number of carboxylic acids is 1. The molecule has 1 amide bonds. The highest BCUT2D eigenvalue weighted by Gasteiger charge is 2.34. The third-order valence-electron chi connectivity index (χ3n) is 3.32. The number of aliphatic carboxylic acids is 1. The van der Waals surface area contributed by atoms with Crippen LogP contribution >= 0.6 is 0 Å². The van der Waals surface area contributed by atoms with Crippen molar-refractivity contribution in [3.05, 3.63) is 36.9 Å². The summed E-state index contributed by atoms with van der Waals surface area (Å²) in [6.07, 6.45) is 3.08. The summed E-state index contributed by atoms with van der Waals surface area (Å²) in [6, 6.07) is 7.18. The largest absolute Gasteiger partial charge is 0.481 e. The fraction of sp³-hybridized carbons (Fsp3) is 0.231. The maximum atomic E-state index is 11.8. The summed E-state index contributed by atoms with van der Waals surface area (Å²) in [7, 11) is 0. The van der Waals surface area contributed by atoms with Crippen molar-refractivity contribution in [3.63, 3.8) is 0 Å². The van der Waals surface area contributed by atoms with Crippen molar-refractivity contribution in [2.75, 3.05) is 11.4 Å². The number of aromatic nitrogens is 3. The van der Waals surface area contributed by atoms with Gasteiger partial charge in [0.25, 0.3) is 0 Å². The summed E-state index contributed by atoms with van der Waals surface area (Å²) in [5.74, 6) is -1.72. The van der Waals surface area contributed by atoms with Gasteiger partial charge in [-0.1, -0.05) is 0 Å². The molecule has 1 atom stereocenters. The number of carbonyl (C=O) groups excluding carboxylic acids is 1. The SMILES string of the molecule is O=C(O)[C@H]1CC(=O)N(c2ccc(-n3cncn3)cc2)C1. The molecule has 1 aromatic carbocycles. The maximum absolute atomic E-state index is 11.8. The van der Waals surface area contributed by atoms with E-state index in [-0.39, 0.29) is 18.9 Å². The lowest BCUT2D eigenvalue weighted by Gasteiger charge is -2.16. The second-order valence-electron chi connectivity index (χ2n) is 4.60. The molecule has 0 saturated carbocycles. The fourth-order valence-electron chi connectivity index (χ4n) is 2.25. The highest BCUT2D eigenvalue weighted by Crippen LogP contribution is 2.25. The maximum Gasteiger partial charge on any atom is 0.308 e. The van der Waals surface area contributed by atoms with Gasteiger partial charge < -0.3 is 10.0 Å². The molecule has 0 radical (unpaired) electrons. The highest BCUT2D eigenvalue weighted by molar-refractivity contribution is 5.99. The number of anilines is 1. The van der Waals surface area contributed by atoms with Crippen LogP contribution in [0, 0.1) is 5.92 Å². The molecular weight excluding hydrogens is 260 g/mol. The van der Waals surface area contributed by atoms with Gasteiger partial charge in [-0.05, 0) is 24.3 Å². The summed E-state index contributed by atoms with van der Waals surface area (Å²) in [5.41, 5.74) is 1.52. The fourth-order valence-corrected chi connectivity index (χ4v) is 2.25. The molecule has 2 heterocycles. The van der Waals surface area contributed by atoms with E-state index in [0.717, 1.165) is 5.69 Å². The first-order valence-electron chi connectivity index (χ1n) is 6.13. The number of hydrogen-bond acceptors (Lipinski definition) is 4. The van der Waals surface area contributed by atoms with E-state index >= 15 is 0 Å². The van der Waals surface area contributed by atoms with Crippen molar-refractivity contribution < 1.29 is 14.7 Å². The Labute approximate surface area is 114 Å². The van der Waals surface area contributed by atoms with Crippen molar-refractivity contribution >= 4 is 17.6 Å². The number of benzene rings is 1. The Morgan fingerprint density at radius 2 is 1.95 bits per heavy atom. The minimum absolute atomic E-state index is 0.0557. The summed E-state index contributed by atoms with van der Waals surface area (Å²) < 4.78 is 1.61. The summed E-state index contributed by atoms with van der Waals surface area (Å²) in [6.45, 7) is 0.219. The number of amides is 1. The van der Waals surface area contributed by atoms with E-state index in [4.69, 9.17) is 5.11 Å². The average molecular weight is 272 g/mol. The first-order valence-corrected chi connectivity index (χ1v) is 6.13. The molecule has 2 aromatic rings. The first kappa shape index (κ1) is 12.3. The lowest BCUT2D eigenvalue weighted by atomic mass is 10.1. The first-order chi connectivity index (χ1) is 9.65. The predicted molar refractivity (Wildman–Crippen MR) is 69.5 cm³/mol. The van der Waals surface area contributed by atoms with Crippen LogP contribution in [-0.4, -0.2) is 38.3 Å². The van der Waals surface area contributed by atoms with Gasteiger partial charge in [-0.3, -0.25) is 9.59 Å². The normalized spacial score (nSPS) is 18.5. The van der Waals surface area contributed by atoms with Crippen LogP contribution in [0.5, 0.6) is 0 Å². The van der Waals surface area contributed by atoms with Crippen LogP contribution in [-0.2, 0) is 9.59 Å². The van der Waals surface area contributed by atoms with Gasteiger partial charge in [-0.25, -0.2) is 9.67 Å². The van der Waals surface area contributed by atoms with Gasteiger partial charge in [0.2, 0.25) is 5.91 Å². The minimum Gasteiger partial charge on any atom is -0.481 e. The monoisotopic (exact) mass is 272 g/mol. The van der Waals surface area contributed by atoms with Crippen LogP contribution in [0.2, 0.25) is 0 Å². The van der Waals surface area contributed by atoms with Gasteiger partial charge in [0.05, 0.1) is 11.6 Å². The molecule has 7 nitrogen and oxygen atoms in total. The molecular formula is C13H12N4O3. The minimum atomic E-state index is -0.930. The molecule has 20 heavy (non-hydrogen) atoms. The van der Waals surface area contributed by atoms with Crippen LogP contribution < -0.4 is 4.90 Å². The molecule has 1 fully saturated rings.